The summed E-state index contributed by atoms with van der Waals surface area (Å²) in [6.07, 6.45) is 4.67. The summed E-state index contributed by atoms with van der Waals surface area (Å²) >= 11 is 0. The molecule has 1 saturated carbocycles. The molecule has 22 heavy (non-hydrogen) atoms. The van der Waals surface area contributed by atoms with Crippen molar-refractivity contribution >= 4 is 18.0 Å². The molecule has 0 heterocycles. The van der Waals surface area contributed by atoms with Crippen LogP contribution in [-0.2, 0) is 9.09 Å². The van der Waals surface area contributed by atoms with E-state index in [1.165, 1.54) is 12.8 Å². The van der Waals surface area contributed by atoms with Crippen LogP contribution in [0.5, 0.6) is 0 Å². The minimum absolute atomic E-state index is 0.0833. The predicted molar refractivity (Wildman–Crippen MR) is 92.3 cm³/mol. The SMILES string of the molecule is C[C@H]1CCCC[C@H]1OP(=O)(c1ccccc1)c1ccccc1. The van der Waals surface area contributed by atoms with Gasteiger partial charge in [0.2, 0.25) is 0 Å². The molecule has 0 aliphatic heterocycles. The van der Waals surface area contributed by atoms with Gasteiger partial charge in [0.25, 0.3) is 7.37 Å². The van der Waals surface area contributed by atoms with Gasteiger partial charge in [0.05, 0.1) is 6.10 Å². The normalized spacial score (nSPS) is 22.4. The van der Waals surface area contributed by atoms with Gasteiger partial charge in [0.1, 0.15) is 0 Å². The van der Waals surface area contributed by atoms with Crippen molar-refractivity contribution in [1.29, 1.82) is 0 Å². The molecule has 0 amide bonds. The second-order valence-electron chi connectivity index (χ2n) is 6.13. The lowest BCUT2D eigenvalue weighted by Gasteiger charge is -2.32. The average molecular weight is 314 g/mol. The molecule has 0 bridgehead atoms. The summed E-state index contributed by atoms with van der Waals surface area (Å²) in [6, 6.07) is 19.3. The maximum atomic E-state index is 13.8. The van der Waals surface area contributed by atoms with Crippen molar-refractivity contribution in [2.24, 2.45) is 5.92 Å². The zero-order valence-corrected chi connectivity index (χ0v) is 13.9. The van der Waals surface area contributed by atoms with E-state index in [0.29, 0.717) is 5.92 Å². The first-order valence-corrected chi connectivity index (χ1v) is 9.72. The largest absolute Gasteiger partial charge is 0.318 e. The second-order valence-corrected chi connectivity index (χ2v) is 8.47. The summed E-state index contributed by atoms with van der Waals surface area (Å²) in [7, 11) is -3.03. The van der Waals surface area contributed by atoms with E-state index in [2.05, 4.69) is 6.92 Å². The van der Waals surface area contributed by atoms with E-state index in [0.717, 1.165) is 23.5 Å². The zero-order chi connectivity index (χ0) is 15.4. The number of hydrogen-bond donors (Lipinski definition) is 0. The van der Waals surface area contributed by atoms with Crippen LogP contribution in [0.4, 0.5) is 0 Å². The van der Waals surface area contributed by atoms with Crippen LogP contribution < -0.4 is 10.6 Å². The maximum Gasteiger partial charge on any atom is 0.261 e. The lowest BCUT2D eigenvalue weighted by atomic mass is 9.88. The van der Waals surface area contributed by atoms with E-state index >= 15 is 0 Å². The van der Waals surface area contributed by atoms with Crippen LogP contribution in [0.3, 0.4) is 0 Å². The van der Waals surface area contributed by atoms with Gasteiger partial charge in [-0.3, -0.25) is 4.57 Å². The van der Waals surface area contributed by atoms with Crippen molar-refractivity contribution in [3.63, 3.8) is 0 Å². The summed E-state index contributed by atoms with van der Waals surface area (Å²) in [5, 5.41) is 1.58. The minimum atomic E-state index is -3.03. The molecule has 0 radical (unpaired) electrons. The number of rotatable bonds is 4. The fourth-order valence-corrected chi connectivity index (χ4v) is 5.51. The van der Waals surface area contributed by atoms with E-state index < -0.39 is 7.37 Å². The molecule has 116 valence electrons. The summed E-state index contributed by atoms with van der Waals surface area (Å²) in [5.74, 6) is 0.467. The predicted octanol–water partition coefficient (Wildman–Crippen LogP) is 4.51. The van der Waals surface area contributed by atoms with E-state index in [4.69, 9.17) is 4.52 Å². The molecular formula is C19H23O2P. The van der Waals surface area contributed by atoms with Gasteiger partial charge >= 0.3 is 0 Å². The highest BCUT2D eigenvalue weighted by Crippen LogP contribution is 2.48. The fourth-order valence-electron chi connectivity index (χ4n) is 3.15. The van der Waals surface area contributed by atoms with Crippen LogP contribution in [0, 0.1) is 5.92 Å². The molecule has 0 unspecified atom stereocenters. The Morgan fingerprint density at radius 3 is 1.86 bits per heavy atom. The Balaban J connectivity index is 1.98. The lowest BCUT2D eigenvalue weighted by molar-refractivity contribution is 0.110. The van der Waals surface area contributed by atoms with Crippen molar-refractivity contribution in [2.75, 3.05) is 0 Å². The molecule has 1 fully saturated rings. The molecule has 3 rings (SSSR count). The molecular weight excluding hydrogens is 291 g/mol. The highest BCUT2D eigenvalue weighted by molar-refractivity contribution is 7.74. The maximum absolute atomic E-state index is 13.8. The standard InChI is InChI=1S/C19H23O2P/c1-16-10-8-9-15-19(16)21-22(20,17-11-4-2-5-12-17)18-13-6-3-7-14-18/h2-7,11-14,16,19H,8-10,15H2,1H3/t16-,19+/m0/s1. The molecule has 3 heteroatoms. The van der Waals surface area contributed by atoms with Crippen LogP contribution >= 0.6 is 7.37 Å². The highest BCUT2D eigenvalue weighted by Gasteiger charge is 2.34. The quantitative estimate of drug-likeness (QED) is 0.776. The van der Waals surface area contributed by atoms with Crippen LogP contribution in [0.2, 0.25) is 0 Å². The lowest BCUT2D eigenvalue weighted by Crippen LogP contribution is -2.29. The second kappa shape index (κ2) is 6.81. The van der Waals surface area contributed by atoms with Crippen LogP contribution in [0.25, 0.3) is 0 Å². The third-order valence-electron chi connectivity index (χ3n) is 4.51. The Morgan fingerprint density at radius 2 is 1.36 bits per heavy atom. The summed E-state index contributed by atoms with van der Waals surface area (Å²) in [6.45, 7) is 2.21. The molecule has 2 atom stereocenters. The Morgan fingerprint density at radius 1 is 0.864 bits per heavy atom. The molecule has 1 aliphatic rings. The van der Waals surface area contributed by atoms with Crippen molar-refractivity contribution in [3.8, 4) is 0 Å². The van der Waals surface area contributed by atoms with Gasteiger partial charge in [-0.25, -0.2) is 0 Å². The molecule has 0 N–H and O–H groups in total. The van der Waals surface area contributed by atoms with Crippen molar-refractivity contribution in [3.05, 3.63) is 60.7 Å². The van der Waals surface area contributed by atoms with E-state index in [-0.39, 0.29) is 6.10 Å². The molecule has 2 aromatic rings. The topological polar surface area (TPSA) is 26.3 Å². The molecule has 0 aromatic heterocycles. The fraction of sp³-hybridized carbons (Fsp3) is 0.368. The molecule has 0 saturated heterocycles. The third-order valence-corrected chi connectivity index (χ3v) is 7.03. The first kappa shape index (κ1) is 15.5. The molecule has 1 aliphatic carbocycles. The van der Waals surface area contributed by atoms with Gasteiger partial charge in [0, 0.05) is 10.6 Å². The summed E-state index contributed by atoms with van der Waals surface area (Å²) in [5.41, 5.74) is 0. The van der Waals surface area contributed by atoms with E-state index in [1.54, 1.807) is 0 Å². The molecule has 0 spiro atoms. The summed E-state index contributed by atoms with van der Waals surface area (Å²) < 4.78 is 20.1. The first-order valence-electron chi connectivity index (χ1n) is 8.10. The van der Waals surface area contributed by atoms with Crippen molar-refractivity contribution in [2.45, 2.75) is 38.7 Å². The van der Waals surface area contributed by atoms with Gasteiger partial charge in [-0.15, -0.1) is 0 Å². The third kappa shape index (κ3) is 3.19. The van der Waals surface area contributed by atoms with Crippen molar-refractivity contribution in [1.82, 2.24) is 0 Å². The Bertz CT molecular complexity index is 595. The summed E-state index contributed by atoms with van der Waals surface area (Å²) in [4.78, 5) is 0. The van der Waals surface area contributed by atoms with Gasteiger partial charge in [-0.1, -0.05) is 56.2 Å². The number of hydrogen-bond acceptors (Lipinski definition) is 2. The highest BCUT2D eigenvalue weighted by atomic mass is 31.2. The van der Waals surface area contributed by atoms with Crippen LogP contribution in [0.15, 0.2) is 60.7 Å². The first-order chi connectivity index (χ1) is 10.7. The van der Waals surface area contributed by atoms with Gasteiger partial charge in [-0.2, -0.15) is 0 Å². The van der Waals surface area contributed by atoms with E-state index in [1.807, 2.05) is 60.7 Å². The number of benzene rings is 2. The Labute approximate surface area is 133 Å². The van der Waals surface area contributed by atoms with E-state index in [9.17, 15) is 4.57 Å². The molecule has 2 nitrogen and oxygen atoms in total. The van der Waals surface area contributed by atoms with Crippen LogP contribution in [-0.4, -0.2) is 6.10 Å². The smallest absolute Gasteiger partial charge is 0.261 e. The zero-order valence-electron chi connectivity index (χ0n) is 13.0. The minimum Gasteiger partial charge on any atom is -0.318 e. The van der Waals surface area contributed by atoms with Gasteiger partial charge in [-0.05, 0) is 43.0 Å². The molecule has 2 aromatic carbocycles. The van der Waals surface area contributed by atoms with Gasteiger partial charge < -0.3 is 4.52 Å². The average Bonchev–Trinajstić information content (AvgIpc) is 2.58. The van der Waals surface area contributed by atoms with Gasteiger partial charge in [0.15, 0.2) is 0 Å². The Hall–Kier alpha value is -1.37. The Kier molecular flexibility index (Phi) is 4.81. The van der Waals surface area contributed by atoms with Crippen molar-refractivity contribution < 1.29 is 9.09 Å². The monoisotopic (exact) mass is 314 g/mol. The van der Waals surface area contributed by atoms with Crippen LogP contribution in [0.1, 0.15) is 32.6 Å².